The molecule has 0 saturated carbocycles. The summed E-state index contributed by atoms with van der Waals surface area (Å²) in [4.78, 5) is 6.48. The Morgan fingerprint density at radius 1 is 1.30 bits per heavy atom. The van der Waals surface area contributed by atoms with Crippen molar-refractivity contribution in [3.8, 4) is 0 Å². The minimum atomic E-state index is 0.229. The fraction of sp³-hybridized carbons (Fsp3) is 0.312. The van der Waals surface area contributed by atoms with Gasteiger partial charge in [0.1, 0.15) is 0 Å². The smallest absolute Gasteiger partial charge is 0.0575 e. The minimum absolute atomic E-state index is 0.229. The van der Waals surface area contributed by atoms with Crippen molar-refractivity contribution < 1.29 is 0 Å². The van der Waals surface area contributed by atoms with E-state index in [1.54, 1.807) is 0 Å². The molecule has 0 spiro atoms. The zero-order valence-electron chi connectivity index (χ0n) is 12.1. The molecular weight excluding hydrogens is 270 g/mol. The number of nitrogens with zero attached hydrogens (tertiary/aromatic N) is 2. The van der Waals surface area contributed by atoms with Crippen LogP contribution in [0.4, 0.5) is 11.4 Å². The zero-order valence-corrected chi connectivity index (χ0v) is 12.9. The van der Waals surface area contributed by atoms with E-state index in [2.05, 4.69) is 48.2 Å². The van der Waals surface area contributed by atoms with Crippen LogP contribution in [-0.4, -0.2) is 18.6 Å². The molecule has 0 amide bonds. The molecule has 2 rings (SSSR count). The van der Waals surface area contributed by atoms with E-state index in [1.807, 2.05) is 30.6 Å². The fourth-order valence-corrected chi connectivity index (χ4v) is 2.33. The first-order valence-electron chi connectivity index (χ1n) is 6.79. The third-order valence-corrected chi connectivity index (χ3v) is 3.66. The van der Waals surface area contributed by atoms with Gasteiger partial charge in [-0.15, -0.1) is 0 Å². The molecular formula is C16H20ClN3. The molecule has 0 radical (unpaired) electrons. The van der Waals surface area contributed by atoms with Gasteiger partial charge in [0.15, 0.2) is 0 Å². The van der Waals surface area contributed by atoms with Gasteiger partial charge in [0, 0.05) is 18.6 Å². The standard InChI is InChI=1S/C16H20ClN3/c1-4-19-15-9-16(11-18-10-15)20(3)12(2)13-6-5-7-14(17)8-13/h5-12,19H,4H2,1-3H3. The SMILES string of the molecule is CCNc1cncc(N(C)C(C)c2cccc(Cl)c2)c1. The average Bonchev–Trinajstić information content (AvgIpc) is 2.46. The molecule has 3 nitrogen and oxygen atoms in total. The third-order valence-electron chi connectivity index (χ3n) is 3.42. The number of anilines is 2. The molecule has 1 unspecified atom stereocenters. The fourth-order valence-electron chi connectivity index (χ4n) is 2.14. The Hall–Kier alpha value is -1.74. The van der Waals surface area contributed by atoms with Crippen LogP contribution in [0.15, 0.2) is 42.7 Å². The number of nitrogens with one attached hydrogen (secondary N) is 1. The molecule has 0 aliphatic rings. The molecule has 1 aromatic carbocycles. The second kappa shape index (κ2) is 6.62. The molecule has 4 heteroatoms. The van der Waals surface area contributed by atoms with Gasteiger partial charge in [-0.05, 0) is 37.6 Å². The van der Waals surface area contributed by atoms with Crippen LogP contribution in [0.5, 0.6) is 0 Å². The molecule has 106 valence electrons. The van der Waals surface area contributed by atoms with Crippen molar-refractivity contribution in [1.29, 1.82) is 0 Å². The summed E-state index contributed by atoms with van der Waals surface area (Å²) in [6.07, 6.45) is 3.72. The number of aromatic nitrogens is 1. The minimum Gasteiger partial charge on any atom is -0.384 e. The van der Waals surface area contributed by atoms with E-state index in [-0.39, 0.29) is 6.04 Å². The number of benzene rings is 1. The van der Waals surface area contributed by atoms with Crippen LogP contribution >= 0.6 is 11.6 Å². The largest absolute Gasteiger partial charge is 0.384 e. The predicted molar refractivity (Wildman–Crippen MR) is 86.7 cm³/mol. The van der Waals surface area contributed by atoms with Crippen molar-refractivity contribution in [2.24, 2.45) is 0 Å². The second-order valence-corrected chi connectivity index (χ2v) is 5.24. The number of rotatable bonds is 5. The first kappa shape index (κ1) is 14.7. The summed E-state index contributed by atoms with van der Waals surface area (Å²) < 4.78 is 0. The van der Waals surface area contributed by atoms with Gasteiger partial charge in [-0.2, -0.15) is 0 Å². The highest BCUT2D eigenvalue weighted by Crippen LogP contribution is 2.27. The zero-order chi connectivity index (χ0) is 14.5. The summed E-state index contributed by atoms with van der Waals surface area (Å²) in [7, 11) is 2.07. The molecule has 0 fully saturated rings. The summed E-state index contributed by atoms with van der Waals surface area (Å²) in [5.41, 5.74) is 3.31. The van der Waals surface area contributed by atoms with Crippen molar-refractivity contribution in [1.82, 2.24) is 4.98 Å². The summed E-state index contributed by atoms with van der Waals surface area (Å²) >= 11 is 6.07. The van der Waals surface area contributed by atoms with Crippen molar-refractivity contribution in [2.75, 3.05) is 23.8 Å². The van der Waals surface area contributed by atoms with E-state index in [0.29, 0.717) is 0 Å². The van der Waals surface area contributed by atoms with Gasteiger partial charge < -0.3 is 10.2 Å². The van der Waals surface area contributed by atoms with E-state index < -0.39 is 0 Å². The van der Waals surface area contributed by atoms with Crippen LogP contribution in [0.2, 0.25) is 5.02 Å². The highest BCUT2D eigenvalue weighted by molar-refractivity contribution is 6.30. The molecule has 1 aromatic heterocycles. The van der Waals surface area contributed by atoms with Crippen molar-refractivity contribution in [3.63, 3.8) is 0 Å². The molecule has 0 aliphatic carbocycles. The Labute approximate surface area is 125 Å². The summed E-state index contributed by atoms with van der Waals surface area (Å²) in [6, 6.07) is 10.3. The quantitative estimate of drug-likeness (QED) is 0.886. The van der Waals surface area contributed by atoms with E-state index >= 15 is 0 Å². The number of hydrogen-bond donors (Lipinski definition) is 1. The highest BCUT2D eigenvalue weighted by atomic mass is 35.5. The Balaban J connectivity index is 2.21. The Morgan fingerprint density at radius 3 is 2.80 bits per heavy atom. The molecule has 1 heterocycles. The van der Waals surface area contributed by atoms with E-state index in [4.69, 9.17) is 11.6 Å². The number of hydrogen-bond acceptors (Lipinski definition) is 3. The van der Waals surface area contributed by atoms with Gasteiger partial charge in [0.05, 0.1) is 29.8 Å². The molecule has 20 heavy (non-hydrogen) atoms. The highest BCUT2D eigenvalue weighted by Gasteiger charge is 2.13. The van der Waals surface area contributed by atoms with Crippen LogP contribution in [0, 0.1) is 0 Å². The first-order chi connectivity index (χ1) is 9.61. The monoisotopic (exact) mass is 289 g/mol. The lowest BCUT2D eigenvalue weighted by molar-refractivity contribution is 0.738. The third kappa shape index (κ3) is 3.42. The van der Waals surface area contributed by atoms with Crippen LogP contribution in [0.25, 0.3) is 0 Å². The van der Waals surface area contributed by atoms with Crippen LogP contribution < -0.4 is 10.2 Å². The van der Waals surface area contributed by atoms with E-state index in [9.17, 15) is 0 Å². The van der Waals surface area contributed by atoms with Crippen molar-refractivity contribution in [3.05, 3.63) is 53.3 Å². The van der Waals surface area contributed by atoms with Gasteiger partial charge in [0.25, 0.3) is 0 Å². The van der Waals surface area contributed by atoms with Gasteiger partial charge in [-0.3, -0.25) is 4.98 Å². The van der Waals surface area contributed by atoms with Gasteiger partial charge in [-0.1, -0.05) is 23.7 Å². The maximum Gasteiger partial charge on any atom is 0.0575 e. The van der Waals surface area contributed by atoms with E-state index in [0.717, 1.165) is 22.9 Å². The maximum absolute atomic E-state index is 6.07. The van der Waals surface area contributed by atoms with Crippen molar-refractivity contribution in [2.45, 2.75) is 19.9 Å². The molecule has 0 saturated heterocycles. The molecule has 1 N–H and O–H groups in total. The lowest BCUT2D eigenvalue weighted by Gasteiger charge is -2.27. The first-order valence-corrected chi connectivity index (χ1v) is 7.17. The summed E-state index contributed by atoms with van der Waals surface area (Å²) in [5.74, 6) is 0. The number of pyridine rings is 1. The van der Waals surface area contributed by atoms with E-state index in [1.165, 1.54) is 5.56 Å². The molecule has 2 aromatic rings. The van der Waals surface area contributed by atoms with Gasteiger partial charge >= 0.3 is 0 Å². The van der Waals surface area contributed by atoms with Crippen LogP contribution in [0.1, 0.15) is 25.5 Å². The van der Waals surface area contributed by atoms with Gasteiger partial charge in [-0.25, -0.2) is 0 Å². The predicted octanol–water partition coefficient (Wildman–Crippen LogP) is 4.36. The molecule has 0 aliphatic heterocycles. The Morgan fingerprint density at radius 2 is 2.10 bits per heavy atom. The lowest BCUT2D eigenvalue weighted by Crippen LogP contribution is -2.21. The maximum atomic E-state index is 6.07. The Bertz CT molecular complexity index is 571. The molecule has 0 bridgehead atoms. The van der Waals surface area contributed by atoms with Crippen molar-refractivity contribution >= 4 is 23.0 Å². The van der Waals surface area contributed by atoms with Crippen LogP contribution in [0.3, 0.4) is 0 Å². The topological polar surface area (TPSA) is 28.2 Å². The average molecular weight is 290 g/mol. The molecule has 1 atom stereocenters. The van der Waals surface area contributed by atoms with Crippen LogP contribution in [-0.2, 0) is 0 Å². The normalized spacial score (nSPS) is 12.0. The Kier molecular flexibility index (Phi) is 4.85. The van der Waals surface area contributed by atoms with Gasteiger partial charge in [0.2, 0.25) is 0 Å². The summed E-state index contributed by atoms with van der Waals surface area (Å²) in [5, 5.41) is 4.05. The second-order valence-electron chi connectivity index (χ2n) is 4.80. The lowest BCUT2D eigenvalue weighted by atomic mass is 10.1. The number of halogens is 1. The summed E-state index contributed by atoms with van der Waals surface area (Å²) in [6.45, 7) is 5.12.